The van der Waals surface area contributed by atoms with Crippen LogP contribution in [-0.2, 0) is 9.47 Å². The van der Waals surface area contributed by atoms with Crippen molar-refractivity contribution in [1.29, 1.82) is 0 Å². The van der Waals surface area contributed by atoms with Crippen molar-refractivity contribution in [2.24, 2.45) is 5.73 Å². The smallest absolute Gasteiger partial charge is 0.410 e. The van der Waals surface area contributed by atoms with Crippen LogP contribution in [0.5, 0.6) is 0 Å². The molecule has 2 unspecified atom stereocenters. The summed E-state index contributed by atoms with van der Waals surface area (Å²) >= 11 is 0. The van der Waals surface area contributed by atoms with Gasteiger partial charge in [-0.15, -0.1) is 0 Å². The summed E-state index contributed by atoms with van der Waals surface area (Å²) in [6.07, 6.45) is 4.88. The molecule has 1 amide bonds. The number of likely N-dealkylation sites (tertiary alicyclic amines) is 1. The third kappa shape index (κ3) is 7.99. The number of nitrogens with one attached hydrogen (secondary N) is 1. The number of ether oxygens (including phenoxy) is 2. The highest BCUT2D eigenvalue weighted by atomic mass is 16.6. The largest absolute Gasteiger partial charge is 0.444 e. The second kappa shape index (κ2) is 10.1. The molecule has 1 aliphatic rings. The van der Waals surface area contributed by atoms with Gasteiger partial charge in [0.1, 0.15) is 5.60 Å². The van der Waals surface area contributed by atoms with Crippen LogP contribution in [-0.4, -0.2) is 62.0 Å². The second-order valence-electron chi connectivity index (χ2n) is 7.30. The maximum atomic E-state index is 12.3. The van der Waals surface area contributed by atoms with E-state index in [1.807, 2.05) is 25.7 Å². The van der Waals surface area contributed by atoms with E-state index in [1.165, 1.54) is 0 Å². The van der Waals surface area contributed by atoms with Gasteiger partial charge in [0.2, 0.25) is 0 Å². The zero-order chi connectivity index (χ0) is 17.3. The van der Waals surface area contributed by atoms with E-state index >= 15 is 0 Å². The van der Waals surface area contributed by atoms with E-state index in [1.54, 1.807) is 7.11 Å². The van der Waals surface area contributed by atoms with Crippen LogP contribution >= 0.6 is 0 Å². The maximum absolute atomic E-state index is 12.3. The molecular weight excluding hydrogens is 294 g/mol. The quantitative estimate of drug-likeness (QED) is 0.677. The Morgan fingerprint density at radius 1 is 1.43 bits per heavy atom. The Morgan fingerprint density at radius 3 is 2.78 bits per heavy atom. The number of methoxy groups -OCH3 is 1. The normalized spacial score (nSPS) is 19.9. The molecule has 0 spiro atoms. The molecule has 23 heavy (non-hydrogen) atoms. The standard InChI is InChI=1S/C17H35N3O3/c1-17(2,3)23-16(21)20-12-6-8-15(20)9-11-19-14(13-22-4)7-5-10-18/h14-15,19H,5-13,18H2,1-4H3. The second-order valence-corrected chi connectivity index (χ2v) is 7.30. The minimum Gasteiger partial charge on any atom is -0.444 e. The van der Waals surface area contributed by atoms with Crippen molar-refractivity contribution in [2.45, 2.75) is 70.6 Å². The van der Waals surface area contributed by atoms with Crippen molar-refractivity contribution in [3.05, 3.63) is 0 Å². The molecular formula is C17H35N3O3. The van der Waals surface area contributed by atoms with Gasteiger partial charge in [-0.3, -0.25) is 0 Å². The summed E-state index contributed by atoms with van der Waals surface area (Å²) in [5, 5.41) is 3.53. The Labute approximate surface area is 141 Å². The molecule has 1 fully saturated rings. The maximum Gasteiger partial charge on any atom is 0.410 e. The van der Waals surface area contributed by atoms with Gasteiger partial charge < -0.3 is 25.4 Å². The Balaban J connectivity index is 2.38. The Kier molecular flexibility index (Phi) is 8.87. The third-order valence-corrected chi connectivity index (χ3v) is 4.04. The Bertz CT molecular complexity index is 344. The van der Waals surface area contributed by atoms with Gasteiger partial charge in [-0.05, 0) is 66.0 Å². The van der Waals surface area contributed by atoms with Crippen LogP contribution in [0.1, 0.15) is 52.9 Å². The number of rotatable bonds is 9. The fourth-order valence-corrected chi connectivity index (χ4v) is 2.96. The van der Waals surface area contributed by atoms with Gasteiger partial charge in [0, 0.05) is 25.7 Å². The minimum atomic E-state index is -0.436. The molecule has 2 atom stereocenters. The van der Waals surface area contributed by atoms with Crippen LogP contribution in [0.4, 0.5) is 4.79 Å². The van der Waals surface area contributed by atoms with Crippen molar-refractivity contribution < 1.29 is 14.3 Å². The Hall–Kier alpha value is -0.850. The number of nitrogens with zero attached hydrogens (tertiary/aromatic N) is 1. The summed E-state index contributed by atoms with van der Waals surface area (Å²) in [5.41, 5.74) is 5.14. The molecule has 0 aromatic rings. The molecule has 3 N–H and O–H groups in total. The zero-order valence-electron chi connectivity index (χ0n) is 15.3. The van der Waals surface area contributed by atoms with Crippen LogP contribution in [0.15, 0.2) is 0 Å². The fraction of sp³-hybridized carbons (Fsp3) is 0.941. The number of hydrogen-bond donors (Lipinski definition) is 2. The molecule has 1 aliphatic heterocycles. The van der Waals surface area contributed by atoms with Crippen LogP contribution in [0, 0.1) is 0 Å². The molecule has 1 rings (SSSR count). The van der Waals surface area contributed by atoms with E-state index in [0.717, 1.165) is 45.2 Å². The third-order valence-electron chi connectivity index (χ3n) is 4.04. The van der Waals surface area contributed by atoms with Crippen molar-refractivity contribution in [2.75, 3.05) is 33.4 Å². The summed E-state index contributed by atoms with van der Waals surface area (Å²) in [6, 6.07) is 0.606. The summed E-state index contributed by atoms with van der Waals surface area (Å²) in [7, 11) is 1.72. The summed E-state index contributed by atoms with van der Waals surface area (Å²) in [5.74, 6) is 0. The van der Waals surface area contributed by atoms with Gasteiger partial charge >= 0.3 is 6.09 Å². The van der Waals surface area contributed by atoms with Crippen molar-refractivity contribution >= 4 is 6.09 Å². The number of nitrogens with two attached hydrogens (primary N) is 1. The van der Waals surface area contributed by atoms with Gasteiger partial charge in [0.05, 0.1) is 6.61 Å². The van der Waals surface area contributed by atoms with Crippen LogP contribution in [0.25, 0.3) is 0 Å². The predicted molar refractivity (Wildman–Crippen MR) is 92.5 cm³/mol. The van der Waals surface area contributed by atoms with Gasteiger partial charge in [-0.1, -0.05) is 0 Å². The average Bonchev–Trinajstić information content (AvgIpc) is 2.91. The monoisotopic (exact) mass is 329 g/mol. The molecule has 0 saturated carbocycles. The average molecular weight is 329 g/mol. The molecule has 0 aromatic heterocycles. The van der Waals surface area contributed by atoms with E-state index in [9.17, 15) is 4.79 Å². The lowest BCUT2D eigenvalue weighted by Crippen LogP contribution is -2.42. The fourth-order valence-electron chi connectivity index (χ4n) is 2.96. The lowest BCUT2D eigenvalue weighted by Gasteiger charge is -2.29. The van der Waals surface area contributed by atoms with E-state index in [4.69, 9.17) is 15.2 Å². The van der Waals surface area contributed by atoms with Gasteiger partial charge in [-0.2, -0.15) is 0 Å². The highest BCUT2D eigenvalue weighted by Crippen LogP contribution is 2.22. The van der Waals surface area contributed by atoms with Gasteiger partial charge in [0.25, 0.3) is 0 Å². The highest BCUT2D eigenvalue weighted by Gasteiger charge is 2.31. The van der Waals surface area contributed by atoms with E-state index < -0.39 is 5.60 Å². The van der Waals surface area contributed by atoms with E-state index in [2.05, 4.69) is 5.32 Å². The van der Waals surface area contributed by atoms with Crippen molar-refractivity contribution in [1.82, 2.24) is 10.2 Å². The van der Waals surface area contributed by atoms with Crippen molar-refractivity contribution in [3.63, 3.8) is 0 Å². The first-order chi connectivity index (χ1) is 10.9. The molecule has 6 nitrogen and oxygen atoms in total. The first-order valence-corrected chi connectivity index (χ1v) is 8.79. The SMILES string of the molecule is COCC(CCCN)NCCC1CCCN1C(=O)OC(C)(C)C. The lowest BCUT2D eigenvalue weighted by atomic mass is 10.1. The molecule has 6 heteroatoms. The number of amides is 1. The van der Waals surface area contributed by atoms with Crippen LogP contribution < -0.4 is 11.1 Å². The van der Waals surface area contributed by atoms with Crippen LogP contribution in [0.2, 0.25) is 0 Å². The predicted octanol–water partition coefficient (Wildman–Crippen LogP) is 2.12. The van der Waals surface area contributed by atoms with Crippen LogP contribution in [0.3, 0.4) is 0 Å². The first kappa shape index (κ1) is 20.2. The molecule has 136 valence electrons. The summed E-state index contributed by atoms with van der Waals surface area (Å²) in [6.45, 7) is 8.80. The summed E-state index contributed by atoms with van der Waals surface area (Å²) < 4.78 is 10.8. The topological polar surface area (TPSA) is 76.8 Å². The number of hydrogen-bond acceptors (Lipinski definition) is 5. The minimum absolute atomic E-state index is 0.184. The summed E-state index contributed by atoms with van der Waals surface area (Å²) in [4.78, 5) is 14.1. The molecule has 1 heterocycles. The van der Waals surface area contributed by atoms with Crippen molar-refractivity contribution in [3.8, 4) is 0 Å². The Morgan fingerprint density at radius 2 is 2.17 bits per heavy atom. The zero-order valence-corrected chi connectivity index (χ0v) is 15.3. The van der Waals surface area contributed by atoms with E-state index in [-0.39, 0.29) is 12.1 Å². The molecule has 0 aliphatic carbocycles. The lowest BCUT2D eigenvalue weighted by molar-refractivity contribution is 0.0219. The molecule has 1 saturated heterocycles. The highest BCUT2D eigenvalue weighted by molar-refractivity contribution is 5.68. The van der Waals surface area contributed by atoms with Gasteiger partial charge in [-0.25, -0.2) is 4.79 Å². The van der Waals surface area contributed by atoms with Gasteiger partial charge in [0.15, 0.2) is 0 Å². The van der Waals surface area contributed by atoms with E-state index in [0.29, 0.717) is 19.2 Å². The molecule has 0 aromatic carbocycles. The molecule has 0 radical (unpaired) electrons. The number of carbonyl (C=O) groups is 1. The number of carbonyl (C=O) groups excluding carboxylic acids is 1. The first-order valence-electron chi connectivity index (χ1n) is 8.79. The molecule has 0 bridgehead atoms.